The summed E-state index contributed by atoms with van der Waals surface area (Å²) in [5.41, 5.74) is 1.15. The molecular formula is C18H27NO2. The first-order valence-electron chi connectivity index (χ1n) is 8.28. The number of hydrogen-bond acceptors (Lipinski definition) is 3. The lowest BCUT2D eigenvalue weighted by atomic mass is 10.0. The molecule has 116 valence electrons. The van der Waals surface area contributed by atoms with E-state index in [4.69, 9.17) is 9.47 Å². The molecule has 0 saturated heterocycles. The fraction of sp³-hybridized carbons (Fsp3) is 0.667. The molecule has 3 nitrogen and oxygen atoms in total. The van der Waals surface area contributed by atoms with Gasteiger partial charge in [-0.05, 0) is 45.2 Å². The number of nitrogens with one attached hydrogen (secondary N) is 1. The Morgan fingerprint density at radius 2 is 2.10 bits per heavy atom. The Hall–Kier alpha value is -1.22. The fourth-order valence-electron chi connectivity index (χ4n) is 3.45. The zero-order valence-corrected chi connectivity index (χ0v) is 13.3. The molecule has 0 spiro atoms. The monoisotopic (exact) mass is 289 g/mol. The van der Waals surface area contributed by atoms with Crippen LogP contribution >= 0.6 is 0 Å². The van der Waals surface area contributed by atoms with Gasteiger partial charge in [-0.15, -0.1) is 0 Å². The van der Waals surface area contributed by atoms with Crippen molar-refractivity contribution in [2.45, 2.75) is 51.6 Å². The molecule has 0 unspecified atom stereocenters. The van der Waals surface area contributed by atoms with Crippen molar-refractivity contribution >= 4 is 0 Å². The first kappa shape index (κ1) is 14.7. The highest BCUT2D eigenvalue weighted by atomic mass is 16.5. The van der Waals surface area contributed by atoms with Gasteiger partial charge < -0.3 is 14.8 Å². The smallest absolute Gasteiger partial charge is 0.165 e. The summed E-state index contributed by atoms with van der Waals surface area (Å²) >= 11 is 0. The Labute approximate surface area is 128 Å². The summed E-state index contributed by atoms with van der Waals surface area (Å²) in [6.45, 7) is 7.00. The Balaban J connectivity index is 1.45. The van der Waals surface area contributed by atoms with E-state index in [1.165, 1.54) is 31.2 Å². The molecule has 1 aromatic carbocycles. The van der Waals surface area contributed by atoms with Crippen LogP contribution in [-0.4, -0.2) is 25.3 Å². The summed E-state index contributed by atoms with van der Waals surface area (Å²) < 4.78 is 11.9. The number of fused-ring (bicyclic) bond motifs is 1. The van der Waals surface area contributed by atoms with Gasteiger partial charge in [0.25, 0.3) is 0 Å². The zero-order chi connectivity index (χ0) is 14.7. The Morgan fingerprint density at radius 3 is 2.90 bits per heavy atom. The first-order valence-corrected chi connectivity index (χ1v) is 8.28. The van der Waals surface area contributed by atoms with Crippen LogP contribution < -0.4 is 14.8 Å². The highest BCUT2D eigenvalue weighted by molar-refractivity contribution is 5.50. The average molecular weight is 289 g/mol. The summed E-state index contributed by atoms with van der Waals surface area (Å²) in [6.07, 6.45) is 6.56. The van der Waals surface area contributed by atoms with Crippen LogP contribution in [0.2, 0.25) is 0 Å². The molecule has 21 heavy (non-hydrogen) atoms. The molecule has 0 bridgehead atoms. The fourth-order valence-corrected chi connectivity index (χ4v) is 3.45. The molecule has 1 aliphatic carbocycles. The molecule has 1 aromatic rings. The maximum absolute atomic E-state index is 6.02. The number of para-hydroxylation sites is 1. The van der Waals surface area contributed by atoms with Crippen LogP contribution in [0.3, 0.4) is 0 Å². The molecule has 0 atom stereocenters. The third-order valence-electron chi connectivity index (χ3n) is 4.50. The number of ether oxygens (including phenoxy) is 2. The van der Waals surface area contributed by atoms with E-state index in [0.717, 1.165) is 36.9 Å². The second-order valence-electron chi connectivity index (χ2n) is 6.99. The van der Waals surface area contributed by atoms with Gasteiger partial charge in [0, 0.05) is 18.5 Å². The third-order valence-corrected chi connectivity index (χ3v) is 4.50. The maximum Gasteiger partial charge on any atom is 0.165 e. The number of benzene rings is 1. The lowest BCUT2D eigenvalue weighted by molar-refractivity contribution is 0.132. The van der Waals surface area contributed by atoms with Gasteiger partial charge in [-0.25, -0.2) is 0 Å². The lowest BCUT2D eigenvalue weighted by Gasteiger charge is -2.18. The Bertz CT molecular complexity index is 478. The second kappa shape index (κ2) is 6.27. The highest BCUT2D eigenvalue weighted by Crippen LogP contribution is 2.41. The molecule has 1 heterocycles. The van der Waals surface area contributed by atoms with E-state index in [1.54, 1.807) is 0 Å². The van der Waals surface area contributed by atoms with Crippen molar-refractivity contribution in [3.8, 4) is 11.5 Å². The SMILES string of the molecule is CC1(C)Cc2cccc(OCCNCC3CCCC3)c2O1. The van der Waals surface area contributed by atoms with Crippen molar-refractivity contribution in [3.05, 3.63) is 23.8 Å². The van der Waals surface area contributed by atoms with Gasteiger partial charge in [0.15, 0.2) is 11.5 Å². The largest absolute Gasteiger partial charge is 0.488 e. The van der Waals surface area contributed by atoms with E-state index in [-0.39, 0.29) is 5.60 Å². The molecule has 1 aliphatic heterocycles. The second-order valence-corrected chi connectivity index (χ2v) is 6.99. The van der Waals surface area contributed by atoms with Crippen molar-refractivity contribution in [1.82, 2.24) is 5.32 Å². The van der Waals surface area contributed by atoms with Gasteiger partial charge in [0.2, 0.25) is 0 Å². The van der Waals surface area contributed by atoms with Crippen LogP contribution in [0, 0.1) is 5.92 Å². The van der Waals surface area contributed by atoms with Gasteiger partial charge in [0.05, 0.1) is 0 Å². The molecule has 3 heteroatoms. The minimum atomic E-state index is -0.109. The molecule has 1 N–H and O–H groups in total. The summed E-state index contributed by atoms with van der Waals surface area (Å²) in [5, 5.41) is 3.52. The molecule has 0 radical (unpaired) electrons. The molecule has 1 saturated carbocycles. The van der Waals surface area contributed by atoms with Crippen LogP contribution in [0.5, 0.6) is 11.5 Å². The number of rotatable bonds is 6. The predicted molar refractivity (Wildman–Crippen MR) is 85.2 cm³/mol. The van der Waals surface area contributed by atoms with Gasteiger partial charge in [-0.1, -0.05) is 25.0 Å². The van der Waals surface area contributed by atoms with Crippen molar-refractivity contribution in [1.29, 1.82) is 0 Å². The van der Waals surface area contributed by atoms with E-state index in [0.29, 0.717) is 6.61 Å². The zero-order valence-electron chi connectivity index (χ0n) is 13.3. The van der Waals surface area contributed by atoms with Crippen LogP contribution in [0.1, 0.15) is 45.1 Å². The molecule has 0 amide bonds. The summed E-state index contributed by atoms with van der Waals surface area (Å²) in [5.74, 6) is 2.72. The molecule has 1 fully saturated rings. The van der Waals surface area contributed by atoms with Crippen LogP contribution in [0.4, 0.5) is 0 Å². The summed E-state index contributed by atoms with van der Waals surface area (Å²) in [7, 11) is 0. The van der Waals surface area contributed by atoms with Crippen LogP contribution in [0.15, 0.2) is 18.2 Å². The standard InChI is InChI=1S/C18H27NO2/c1-18(2)12-15-8-5-9-16(17(15)21-18)20-11-10-19-13-14-6-3-4-7-14/h5,8-9,14,19H,3-4,6-7,10-13H2,1-2H3. The van der Waals surface area contributed by atoms with E-state index in [2.05, 4.69) is 31.3 Å². The van der Waals surface area contributed by atoms with Crippen LogP contribution in [-0.2, 0) is 6.42 Å². The van der Waals surface area contributed by atoms with Gasteiger partial charge in [-0.3, -0.25) is 0 Å². The lowest BCUT2D eigenvalue weighted by Crippen LogP contribution is -2.26. The maximum atomic E-state index is 6.02. The van der Waals surface area contributed by atoms with Crippen molar-refractivity contribution in [3.63, 3.8) is 0 Å². The van der Waals surface area contributed by atoms with Crippen molar-refractivity contribution < 1.29 is 9.47 Å². The normalized spacial score (nSPS) is 20.3. The van der Waals surface area contributed by atoms with Gasteiger partial charge in [-0.2, -0.15) is 0 Å². The van der Waals surface area contributed by atoms with E-state index < -0.39 is 0 Å². The molecule has 3 rings (SSSR count). The highest BCUT2D eigenvalue weighted by Gasteiger charge is 2.32. The average Bonchev–Trinajstić information content (AvgIpc) is 3.04. The number of hydrogen-bond donors (Lipinski definition) is 1. The topological polar surface area (TPSA) is 30.5 Å². The summed E-state index contributed by atoms with van der Waals surface area (Å²) in [4.78, 5) is 0. The molecule has 2 aliphatic rings. The summed E-state index contributed by atoms with van der Waals surface area (Å²) in [6, 6.07) is 6.21. The van der Waals surface area contributed by atoms with E-state index in [1.807, 2.05) is 6.07 Å². The predicted octanol–water partition coefficient (Wildman–Crippen LogP) is 3.56. The Kier molecular flexibility index (Phi) is 4.39. The van der Waals surface area contributed by atoms with Crippen LogP contribution in [0.25, 0.3) is 0 Å². The minimum Gasteiger partial charge on any atom is -0.488 e. The van der Waals surface area contributed by atoms with E-state index in [9.17, 15) is 0 Å². The molecule has 0 aromatic heterocycles. The van der Waals surface area contributed by atoms with E-state index >= 15 is 0 Å². The first-order chi connectivity index (χ1) is 10.1. The van der Waals surface area contributed by atoms with Crippen molar-refractivity contribution in [2.24, 2.45) is 5.92 Å². The minimum absolute atomic E-state index is 0.109. The van der Waals surface area contributed by atoms with Gasteiger partial charge in [0.1, 0.15) is 12.2 Å². The third kappa shape index (κ3) is 3.70. The quantitative estimate of drug-likeness (QED) is 0.812. The Morgan fingerprint density at radius 1 is 1.29 bits per heavy atom. The van der Waals surface area contributed by atoms with Gasteiger partial charge >= 0.3 is 0 Å². The van der Waals surface area contributed by atoms with Crippen molar-refractivity contribution in [2.75, 3.05) is 19.7 Å². The molecular weight excluding hydrogens is 262 g/mol.